The molecular formula is C16H22N2O. The highest BCUT2D eigenvalue weighted by Gasteiger charge is 2.18. The van der Waals surface area contributed by atoms with Crippen LogP contribution in [0.15, 0.2) is 24.3 Å². The van der Waals surface area contributed by atoms with E-state index in [0.717, 1.165) is 28.9 Å². The minimum atomic E-state index is -0.485. The Hall–Kier alpha value is -1.61. The lowest BCUT2D eigenvalue weighted by molar-refractivity contribution is 0.177. The maximum Gasteiger partial charge on any atom is 0.0866 e. The molecule has 0 radical (unpaired) electrons. The molecule has 0 spiro atoms. The molecular weight excluding hydrogens is 236 g/mol. The zero-order valence-corrected chi connectivity index (χ0v) is 12.1. The monoisotopic (exact) mass is 258 g/mol. The largest absolute Gasteiger partial charge is 0.388 e. The summed E-state index contributed by atoms with van der Waals surface area (Å²) in [5.41, 5.74) is 5.40. The standard InChI is InChI=1S/C16H22N2O/c1-5-13-6-8-14(9-7-13)10-15(19)16-11(2)17-18(4)12(16)3/h6-9,15,19H,5,10H2,1-4H3. The fraction of sp³-hybridized carbons (Fsp3) is 0.438. The van der Waals surface area contributed by atoms with Crippen LogP contribution in [0.5, 0.6) is 0 Å². The van der Waals surface area contributed by atoms with Crippen molar-refractivity contribution in [2.45, 2.75) is 39.7 Å². The molecule has 0 fully saturated rings. The number of aryl methyl sites for hydroxylation is 3. The van der Waals surface area contributed by atoms with Gasteiger partial charge in [-0.2, -0.15) is 5.10 Å². The van der Waals surface area contributed by atoms with Gasteiger partial charge in [-0.1, -0.05) is 31.2 Å². The quantitative estimate of drug-likeness (QED) is 0.915. The fourth-order valence-corrected chi connectivity index (χ4v) is 2.51. The summed E-state index contributed by atoms with van der Waals surface area (Å²) < 4.78 is 1.83. The van der Waals surface area contributed by atoms with Crippen LogP contribution in [0.4, 0.5) is 0 Å². The van der Waals surface area contributed by atoms with E-state index in [4.69, 9.17) is 0 Å². The predicted octanol–water partition coefficient (Wildman–Crippen LogP) is 2.88. The van der Waals surface area contributed by atoms with Crippen molar-refractivity contribution in [3.8, 4) is 0 Å². The lowest BCUT2D eigenvalue weighted by Crippen LogP contribution is -2.05. The molecule has 0 bridgehead atoms. The first-order valence-electron chi connectivity index (χ1n) is 6.79. The third-order valence-corrected chi connectivity index (χ3v) is 3.76. The summed E-state index contributed by atoms with van der Waals surface area (Å²) in [6.45, 7) is 6.09. The molecule has 0 amide bonds. The highest BCUT2D eigenvalue weighted by Crippen LogP contribution is 2.24. The van der Waals surface area contributed by atoms with Crippen molar-refractivity contribution < 1.29 is 5.11 Å². The predicted molar refractivity (Wildman–Crippen MR) is 77.2 cm³/mol. The molecule has 3 nitrogen and oxygen atoms in total. The smallest absolute Gasteiger partial charge is 0.0866 e. The molecule has 0 aliphatic heterocycles. The van der Waals surface area contributed by atoms with Gasteiger partial charge in [0.2, 0.25) is 0 Å². The van der Waals surface area contributed by atoms with Gasteiger partial charge in [0, 0.05) is 24.7 Å². The van der Waals surface area contributed by atoms with Crippen LogP contribution in [0.1, 0.15) is 41.1 Å². The van der Waals surface area contributed by atoms with Crippen molar-refractivity contribution in [3.63, 3.8) is 0 Å². The number of hydrogen-bond acceptors (Lipinski definition) is 2. The molecule has 1 N–H and O–H groups in total. The van der Waals surface area contributed by atoms with Crippen LogP contribution in [-0.2, 0) is 19.9 Å². The second-order valence-corrected chi connectivity index (χ2v) is 5.10. The number of aliphatic hydroxyl groups is 1. The summed E-state index contributed by atoms with van der Waals surface area (Å²) in [7, 11) is 1.91. The maximum absolute atomic E-state index is 10.4. The van der Waals surface area contributed by atoms with Gasteiger partial charge in [-0.3, -0.25) is 4.68 Å². The highest BCUT2D eigenvalue weighted by atomic mass is 16.3. The first-order valence-corrected chi connectivity index (χ1v) is 6.79. The van der Waals surface area contributed by atoms with Crippen LogP contribution < -0.4 is 0 Å². The Labute approximate surface area is 114 Å². The number of aromatic nitrogens is 2. The number of aliphatic hydroxyl groups excluding tert-OH is 1. The van der Waals surface area contributed by atoms with Crippen LogP contribution in [0.25, 0.3) is 0 Å². The molecule has 102 valence electrons. The van der Waals surface area contributed by atoms with Crippen LogP contribution in [0.2, 0.25) is 0 Å². The van der Waals surface area contributed by atoms with Gasteiger partial charge in [0.25, 0.3) is 0 Å². The summed E-state index contributed by atoms with van der Waals surface area (Å²) >= 11 is 0. The summed E-state index contributed by atoms with van der Waals surface area (Å²) in [4.78, 5) is 0. The van der Waals surface area contributed by atoms with Crippen LogP contribution in [-0.4, -0.2) is 14.9 Å². The van der Waals surface area contributed by atoms with E-state index in [-0.39, 0.29) is 0 Å². The van der Waals surface area contributed by atoms with Crippen molar-refractivity contribution in [1.82, 2.24) is 9.78 Å². The van der Waals surface area contributed by atoms with Gasteiger partial charge in [-0.25, -0.2) is 0 Å². The third kappa shape index (κ3) is 2.87. The maximum atomic E-state index is 10.4. The number of nitrogens with zero attached hydrogens (tertiary/aromatic N) is 2. The zero-order chi connectivity index (χ0) is 14.0. The molecule has 1 aromatic carbocycles. The second-order valence-electron chi connectivity index (χ2n) is 5.10. The van der Waals surface area contributed by atoms with Crippen molar-refractivity contribution >= 4 is 0 Å². The highest BCUT2D eigenvalue weighted by molar-refractivity contribution is 5.30. The van der Waals surface area contributed by atoms with Crippen LogP contribution in [0, 0.1) is 13.8 Å². The van der Waals surface area contributed by atoms with Crippen molar-refractivity contribution in [2.24, 2.45) is 7.05 Å². The van der Waals surface area contributed by atoms with E-state index in [2.05, 4.69) is 36.3 Å². The van der Waals surface area contributed by atoms with Gasteiger partial charge in [-0.05, 0) is 31.4 Å². The molecule has 2 aromatic rings. The SMILES string of the molecule is CCc1ccc(CC(O)c2c(C)nn(C)c2C)cc1. The third-order valence-electron chi connectivity index (χ3n) is 3.76. The van der Waals surface area contributed by atoms with Gasteiger partial charge < -0.3 is 5.11 Å². The van der Waals surface area contributed by atoms with E-state index in [0.29, 0.717) is 6.42 Å². The number of rotatable bonds is 4. The fourth-order valence-electron chi connectivity index (χ4n) is 2.51. The molecule has 1 atom stereocenters. The Morgan fingerprint density at radius 3 is 2.21 bits per heavy atom. The minimum Gasteiger partial charge on any atom is -0.388 e. The molecule has 1 unspecified atom stereocenters. The minimum absolute atomic E-state index is 0.485. The molecule has 3 heteroatoms. The number of hydrogen-bond donors (Lipinski definition) is 1. The Morgan fingerprint density at radius 1 is 1.16 bits per heavy atom. The summed E-state index contributed by atoms with van der Waals surface area (Å²) in [6.07, 6.45) is 1.20. The second kappa shape index (κ2) is 5.57. The first kappa shape index (κ1) is 13.8. The van der Waals surface area contributed by atoms with Crippen molar-refractivity contribution in [3.05, 3.63) is 52.3 Å². The summed E-state index contributed by atoms with van der Waals surface area (Å²) in [6, 6.07) is 8.46. The van der Waals surface area contributed by atoms with E-state index in [9.17, 15) is 5.11 Å². The van der Waals surface area contributed by atoms with E-state index >= 15 is 0 Å². The Morgan fingerprint density at radius 2 is 1.74 bits per heavy atom. The van der Waals surface area contributed by atoms with E-state index in [1.165, 1.54) is 5.56 Å². The van der Waals surface area contributed by atoms with Gasteiger partial charge in [0.1, 0.15) is 0 Å². The molecule has 19 heavy (non-hydrogen) atoms. The molecule has 0 aliphatic carbocycles. The van der Waals surface area contributed by atoms with E-state index < -0.39 is 6.10 Å². The molecule has 0 saturated heterocycles. The first-order chi connectivity index (χ1) is 9.02. The van der Waals surface area contributed by atoms with E-state index in [1.54, 1.807) is 0 Å². The molecule has 0 aliphatic rings. The zero-order valence-electron chi connectivity index (χ0n) is 12.1. The molecule has 1 aromatic heterocycles. The molecule has 0 saturated carbocycles. The lowest BCUT2D eigenvalue weighted by atomic mass is 9.99. The van der Waals surface area contributed by atoms with Gasteiger partial charge >= 0.3 is 0 Å². The Bertz CT molecular complexity index is 555. The normalized spacial score (nSPS) is 12.7. The topological polar surface area (TPSA) is 38.1 Å². The molecule has 2 rings (SSSR count). The van der Waals surface area contributed by atoms with Crippen LogP contribution >= 0.6 is 0 Å². The summed E-state index contributed by atoms with van der Waals surface area (Å²) in [5.74, 6) is 0. The van der Waals surface area contributed by atoms with Crippen molar-refractivity contribution in [2.75, 3.05) is 0 Å². The average molecular weight is 258 g/mol. The van der Waals surface area contributed by atoms with Gasteiger partial charge in [0.15, 0.2) is 0 Å². The van der Waals surface area contributed by atoms with Gasteiger partial charge in [0.05, 0.1) is 11.8 Å². The van der Waals surface area contributed by atoms with Crippen molar-refractivity contribution in [1.29, 1.82) is 0 Å². The molecule has 1 heterocycles. The summed E-state index contributed by atoms with van der Waals surface area (Å²) in [5, 5.41) is 14.8. The average Bonchev–Trinajstić information content (AvgIpc) is 2.64. The lowest BCUT2D eigenvalue weighted by Gasteiger charge is -2.12. The Balaban J connectivity index is 2.18. The van der Waals surface area contributed by atoms with Crippen LogP contribution in [0.3, 0.4) is 0 Å². The van der Waals surface area contributed by atoms with Gasteiger partial charge in [-0.15, -0.1) is 0 Å². The van der Waals surface area contributed by atoms with E-state index in [1.807, 2.05) is 25.6 Å². The number of benzene rings is 1. The Kier molecular flexibility index (Phi) is 4.05.